The van der Waals surface area contributed by atoms with E-state index in [9.17, 15) is 40.5 Å². The molecule has 3 rings (SSSR count). The smallest absolute Gasteiger partial charge is 0.407 e. The number of aliphatic hydroxyl groups is 7. The predicted octanol–water partition coefficient (Wildman–Crippen LogP) is -5.73. The predicted molar refractivity (Wildman–Crippen MR) is 133 cm³/mol. The van der Waals surface area contributed by atoms with E-state index in [0.717, 1.165) is 0 Å². The van der Waals surface area contributed by atoms with Crippen LogP contribution < -0.4 is 22.5 Å². The molecule has 17 heteroatoms. The summed E-state index contributed by atoms with van der Waals surface area (Å²) in [5.74, 6) is 0. The topological polar surface area (TPSA) is 295 Å². The third-order valence-electron chi connectivity index (χ3n) is 7.10. The lowest BCUT2D eigenvalue weighted by atomic mass is 9.84. The molecule has 3 fully saturated rings. The normalized spacial score (nSPS) is 46.6. The van der Waals surface area contributed by atoms with Crippen LogP contribution in [-0.2, 0) is 23.7 Å². The Hall–Kier alpha value is -1.29. The number of amides is 1. The lowest BCUT2D eigenvalue weighted by Gasteiger charge is -2.48. The number of carbonyl (C=O) groups is 1. The van der Waals surface area contributed by atoms with Crippen LogP contribution in [0.4, 0.5) is 4.79 Å². The van der Waals surface area contributed by atoms with Gasteiger partial charge in [0.25, 0.3) is 0 Å². The zero-order valence-corrected chi connectivity index (χ0v) is 22.6. The largest absolute Gasteiger partial charge is 0.444 e. The van der Waals surface area contributed by atoms with Crippen molar-refractivity contribution in [1.82, 2.24) is 5.32 Å². The minimum Gasteiger partial charge on any atom is -0.444 e. The molecule has 17 nitrogen and oxygen atoms in total. The van der Waals surface area contributed by atoms with Crippen molar-refractivity contribution in [2.75, 3.05) is 13.2 Å². The molecule has 1 saturated carbocycles. The van der Waals surface area contributed by atoms with Crippen molar-refractivity contribution < 1.29 is 64.2 Å². The highest BCUT2D eigenvalue weighted by Gasteiger charge is 2.51. The molecular formula is C23H44N4O13. The van der Waals surface area contributed by atoms with Crippen LogP contribution >= 0.6 is 0 Å². The molecule has 15 atom stereocenters. The van der Waals surface area contributed by atoms with Gasteiger partial charge < -0.3 is 81.9 Å². The average molecular weight is 585 g/mol. The van der Waals surface area contributed by atoms with E-state index in [-0.39, 0.29) is 13.0 Å². The summed E-state index contributed by atoms with van der Waals surface area (Å²) in [5, 5.41) is 74.8. The van der Waals surface area contributed by atoms with Gasteiger partial charge in [-0.3, -0.25) is 0 Å². The van der Waals surface area contributed by atoms with Crippen LogP contribution in [0, 0.1) is 0 Å². The maximum absolute atomic E-state index is 12.0. The van der Waals surface area contributed by atoms with E-state index in [2.05, 4.69) is 5.32 Å². The Balaban J connectivity index is 1.69. The Bertz CT molecular complexity index is 835. The van der Waals surface area contributed by atoms with E-state index >= 15 is 0 Å². The molecule has 2 saturated heterocycles. The Kier molecular flexibility index (Phi) is 11.1. The van der Waals surface area contributed by atoms with Gasteiger partial charge in [0, 0.05) is 18.6 Å². The van der Waals surface area contributed by atoms with E-state index in [1.165, 1.54) is 0 Å². The van der Waals surface area contributed by atoms with Gasteiger partial charge in [-0.15, -0.1) is 0 Å². The lowest BCUT2D eigenvalue weighted by molar-refractivity contribution is -0.332. The number of carbonyl (C=O) groups excluding carboxylic acids is 1. The molecular weight excluding hydrogens is 540 g/mol. The van der Waals surface area contributed by atoms with Gasteiger partial charge in [0.1, 0.15) is 66.6 Å². The Morgan fingerprint density at radius 3 is 1.85 bits per heavy atom. The Morgan fingerprint density at radius 1 is 0.800 bits per heavy atom. The second-order valence-corrected chi connectivity index (χ2v) is 11.4. The first-order valence-electron chi connectivity index (χ1n) is 13.1. The van der Waals surface area contributed by atoms with Crippen LogP contribution in [0.3, 0.4) is 0 Å². The van der Waals surface area contributed by atoms with Gasteiger partial charge in [-0.1, -0.05) is 0 Å². The molecule has 40 heavy (non-hydrogen) atoms. The molecule has 0 aromatic carbocycles. The molecule has 14 N–H and O–H groups in total. The molecule has 0 bridgehead atoms. The molecule has 0 radical (unpaired) electrons. The van der Waals surface area contributed by atoms with Crippen molar-refractivity contribution in [3.63, 3.8) is 0 Å². The number of aliphatic hydroxyl groups excluding tert-OH is 7. The number of hydrogen-bond acceptors (Lipinski definition) is 16. The van der Waals surface area contributed by atoms with Crippen molar-refractivity contribution in [2.45, 2.75) is 125 Å². The lowest BCUT2D eigenvalue weighted by Crippen LogP contribution is -2.68. The number of hydrogen-bond donors (Lipinski definition) is 11. The minimum atomic E-state index is -1.77. The monoisotopic (exact) mass is 584 g/mol. The minimum absolute atomic E-state index is 0.0327. The molecule has 0 aromatic rings. The molecule has 0 spiro atoms. The van der Waals surface area contributed by atoms with Gasteiger partial charge in [0.15, 0.2) is 12.6 Å². The SMILES string of the molecule is CC(C)(C)OC(=O)NC[C@H]1O[C@@H](O[C@@H]2[C@@H](O)[C@H](O[C@H]3O[C@H](CO)[C@H](O)[C@@H](N)[C@H]3O)[C@@H](N)C[C@H]2N)[C@H](O)[C@@H](O)[C@@H]1O. The van der Waals surface area contributed by atoms with Crippen LogP contribution in [-0.4, -0.2) is 152 Å². The molecule has 2 aliphatic heterocycles. The fourth-order valence-electron chi connectivity index (χ4n) is 4.87. The van der Waals surface area contributed by atoms with Crippen molar-refractivity contribution >= 4 is 6.09 Å². The van der Waals surface area contributed by atoms with Crippen molar-refractivity contribution in [3.05, 3.63) is 0 Å². The first-order valence-corrected chi connectivity index (χ1v) is 13.1. The third-order valence-corrected chi connectivity index (χ3v) is 7.10. The number of nitrogens with two attached hydrogens (primary N) is 3. The van der Waals surface area contributed by atoms with Crippen molar-refractivity contribution in [1.29, 1.82) is 0 Å². The third kappa shape index (κ3) is 7.56. The Morgan fingerprint density at radius 2 is 1.32 bits per heavy atom. The van der Waals surface area contributed by atoms with Crippen LogP contribution in [0.5, 0.6) is 0 Å². The summed E-state index contributed by atoms with van der Waals surface area (Å²) in [6, 6.07) is -3.02. The number of ether oxygens (including phenoxy) is 5. The highest BCUT2D eigenvalue weighted by atomic mass is 16.7. The summed E-state index contributed by atoms with van der Waals surface area (Å²) in [6.45, 7) is 4.05. The molecule has 234 valence electrons. The van der Waals surface area contributed by atoms with Gasteiger partial charge in [-0.25, -0.2) is 4.79 Å². The maximum Gasteiger partial charge on any atom is 0.407 e. The fourth-order valence-corrected chi connectivity index (χ4v) is 4.87. The molecule has 0 unspecified atom stereocenters. The number of alkyl carbamates (subject to hydrolysis) is 1. The summed E-state index contributed by atoms with van der Waals surface area (Å²) < 4.78 is 27.7. The van der Waals surface area contributed by atoms with Crippen molar-refractivity contribution in [3.8, 4) is 0 Å². The van der Waals surface area contributed by atoms with Crippen molar-refractivity contribution in [2.24, 2.45) is 17.2 Å². The summed E-state index contributed by atoms with van der Waals surface area (Å²) >= 11 is 0. The van der Waals surface area contributed by atoms with E-state index in [1.807, 2.05) is 0 Å². The first-order chi connectivity index (χ1) is 18.5. The van der Waals surface area contributed by atoms with E-state index < -0.39 is 110 Å². The Labute approximate surface area is 231 Å². The second-order valence-electron chi connectivity index (χ2n) is 11.4. The standard InChI is InChI=1S/C23H44N4O13/c1-23(2,3)40-22(35)27-5-9-13(30)15(32)16(33)21(36-9)39-19-8(25)4-7(24)18(17(19)34)38-20-14(31)11(26)12(29)10(6-28)37-20/h7-21,28-34H,4-6,24-26H2,1-3H3,(H,27,35)/t7-,8+,9+,10+,11+,12-,13+,14+,15-,16+,17-,18+,19-,20+,21-/m0/s1. The molecule has 0 aromatic heterocycles. The van der Waals surface area contributed by atoms with Gasteiger partial charge in [0.2, 0.25) is 0 Å². The summed E-state index contributed by atoms with van der Waals surface area (Å²) in [6.07, 6.45) is -18.4. The van der Waals surface area contributed by atoms with Crippen LogP contribution in [0.1, 0.15) is 27.2 Å². The number of nitrogens with one attached hydrogen (secondary N) is 1. The van der Waals surface area contributed by atoms with Crippen LogP contribution in [0.2, 0.25) is 0 Å². The second kappa shape index (κ2) is 13.3. The maximum atomic E-state index is 12.0. The first kappa shape index (κ1) is 33.2. The average Bonchev–Trinajstić information content (AvgIpc) is 2.86. The van der Waals surface area contributed by atoms with E-state index in [4.69, 9.17) is 40.9 Å². The van der Waals surface area contributed by atoms with E-state index in [0.29, 0.717) is 0 Å². The van der Waals surface area contributed by atoms with E-state index in [1.54, 1.807) is 20.8 Å². The van der Waals surface area contributed by atoms with Gasteiger partial charge in [-0.2, -0.15) is 0 Å². The van der Waals surface area contributed by atoms with Gasteiger partial charge >= 0.3 is 6.09 Å². The summed E-state index contributed by atoms with van der Waals surface area (Å²) in [7, 11) is 0. The van der Waals surface area contributed by atoms with Gasteiger partial charge in [-0.05, 0) is 27.2 Å². The molecule has 3 aliphatic rings. The highest BCUT2D eigenvalue weighted by molar-refractivity contribution is 5.67. The van der Waals surface area contributed by atoms with Crippen LogP contribution in [0.25, 0.3) is 0 Å². The van der Waals surface area contributed by atoms with Crippen LogP contribution in [0.15, 0.2) is 0 Å². The fraction of sp³-hybridized carbons (Fsp3) is 0.957. The highest BCUT2D eigenvalue weighted by Crippen LogP contribution is 2.31. The summed E-state index contributed by atoms with van der Waals surface area (Å²) in [5.41, 5.74) is 17.4. The zero-order chi connectivity index (χ0) is 30.1. The quantitative estimate of drug-likeness (QED) is 0.133. The molecule has 2 heterocycles. The van der Waals surface area contributed by atoms with Gasteiger partial charge in [0.05, 0.1) is 12.6 Å². The zero-order valence-electron chi connectivity index (χ0n) is 22.6. The molecule has 1 amide bonds. The number of rotatable bonds is 7. The molecule has 1 aliphatic carbocycles. The summed E-state index contributed by atoms with van der Waals surface area (Å²) in [4.78, 5) is 12.0.